The van der Waals surface area contributed by atoms with Crippen molar-refractivity contribution in [2.45, 2.75) is 65.6 Å². The number of hydrogen-bond donors (Lipinski definition) is 0. The molecule has 5 heteroatoms. The standard InChI is InChI=1S/C24H35NO4/c1-8-17-9-11-18(12-10-17)15-20(21(26)28-23(2,3)4)19-13-14-25(16-19)22(27)29-24(5,6)7/h8-12,19-20H,1,13-16H2,2-7H3/t19-,20-/m0/s1. The SMILES string of the molecule is C=Cc1ccc(C[C@H](C(=O)OC(C)(C)C)[C@H]2CCN(C(=O)OC(C)(C)C)C2)cc1. The molecule has 0 bridgehead atoms. The molecular weight excluding hydrogens is 366 g/mol. The largest absolute Gasteiger partial charge is 0.460 e. The molecule has 2 atom stereocenters. The van der Waals surface area contributed by atoms with E-state index in [-0.39, 0.29) is 23.9 Å². The van der Waals surface area contributed by atoms with Crippen LogP contribution in [0.25, 0.3) is 6.08 Å². The molecular formula is C24H35NO4. The summed E-state index contributed by atoms with van der Waals surface area (Å²) in [5.74, 6) is -0.478. The Hall–Kier alpha value is -2.30. The van der Waals surface area contributed by atoms with Crippen LogP contribution in [-0.4, -0.2) is 41.3 Å². The van der Waals surface area contributed by atoms with Crippen molar-refractivity contribution in [3.8, 4) is 0 Å². The van der Waals surface area contributed by atoms with Crippen LogP contribution in [0.1, 0.15) is 59.1 Å². The van der Waals surface area contributed by atoms with Crippen molar-refractivity contribution in [1.82, 2.24) is 4.90 Å². The highest BCUT2D eigenvalue weighted by molar-refractivity contribution is 5.74. The van der Waals surface area contributed by atoms with Crippen LogP contribution in [0.5, 0.6) is 0 Å². The molecule has 1 aliphatic heterocycles. The van der Waals surface area contributed by atoms with Gasteiger partial charge in [0.25, 0.3) is 0 Å². The number of carbonyl (C=O) groups excluding carboxylic acids is 2. The van der Waals surface area contributed by atoms with E-state index in [1.165, 1.54) is 0 Å². The number of ether oxygens (including phenoxy) is 2. The highest BCUT2D eigenvalue weighted by Crippen LogP contribution is 2.30. The van der Waals surface area contributed by atoms with Gasteiger partial charge in [0.2, 0.25) is 0 Å². The van der Waals surface area contributed by atoms with Gasteiger partial charge in [-0.25, -0.2) is 4.79 Å². The molecule has 1 aromatic carbocycles. The summed E-state index contributed by atoms with van der Waals surface area (Å²) >= 11 is 0. The minimum atomic E-state index is -0.550. The Balaban J connectivity index is 2.15. The van der Waals surface area contributed by atoms with Gasteiger partial charge in [-0.2, -0.15) is 0 Å². The maximum atomic E-state index is 13.0. The minimum Gasteiger partial charge on any atom is -0.460 e. The second-order valence-electron chi connectivity index (χ2n) is 9.76. The zero-order chi connectivity index (χ0) is 21.8. The van der Waals surface area contributed by atoms with E-state index in [1.54, 1.807) is 11.0 Å². The average molecular weight is 402 g/mol. The van der Waals surface area contributed by atoms with Gasteiger partial charge in [-0.15, -0.1) is 0 Å². The summed E-state index contributed by atoms with van der Waals surface area (Å²) in [4.78, 5) is 27.1. The number of likely N-dealkylation sites (tertiary alicyclic amines) is 1. The normalized spacial score (nSPS) is 18.3. The van der Waals surface area contributed by atoms with E-state index in [0.29, 0.717) is 19.5 Å². The van der Waals surface area contributed by atoms with Gasteiger partial charge in [0, 0.05) is 13.1 Å². The van der Waals surface area contributed by atoms with Crippen molar-refractivity contribution in [2.24, 2.45) is 11.8 Å². The predicted octanol–water partition coefficient (Wildman–Crippen LogP) is 5.09. The molecule has 5 nitrogen and oxygen atoms in total. The van der Waals surface area contributed by atoms with Gasteiger partial charge in [0.05, 0.1) is 5.92 Å². The zero-order valence-electron chi connectivity index (χ0n) is 18.7. The zero-order valence-corrected chi connectivity index (χ0v) is 18.7. The van der Waals surface area contributed by atoms with Crippen LogP contribution in [0.2, 0.25) is 0 Å². The van der Waals surface area contributed by atoms with E-state index in [2.05, 4.69) is 6.58 Å². The number of nitrogens with zero attached hydrogens (tertiary/aromatic N) is 1. The Morgan fingerprint density at radius 2 is 1.69 bits per heavy atom. The van der Waals surface area contributed by atoms with Crippen LogP contribution >= 0.6 is 0 Å². The molecule has 1 fully saturated rings. The van der Waals surface area contributed by atoms with Gasteiger partial charge in [-0.1, -0.05) is 36.9 Å². The third-order valence-electron chi connectivity index (χ3n) is 4.83. The molecule has 29 heavy (non-hydrogen) atoms. The molecule has 1 amide bonds. The molecule has 1 heterocycles. The van der Waals surface area contributed by atoms with Crippen LogP contribution < -0.4 is 0 Å². The van der Waals surface area contributed by atoms with Gasteiger partial charge in [-0.3, -0.25) is 4.79 Å². The molecule has 0 aliphatic carbocycles. The Labute approximate surface area is 175 Å². The van der Waals surface area contributed by atoms with E-state index in [0.717, 1.165) is 17.5 Å². The second-order valence-corrected chi connectivity index (χ2v) is 9.76. The maximum Gasteiger partial charge on any atom is 0.410 e. The average Bonchev–Trinajstić information content (AvgIpc) is 3.07. The molecule has 0 radical (unpaired) electrons. The summed E-state index contributed by atoms with van der Waals surface area (Å²) in [5, 5.41) is 0. The smallest absolute Gasteiger partial charge is 0.410 e. The van der Waals surface area contributed by atoms with Crippen LogP contribution in [0.15, 0.2) is 30.8 Å². The number of rotatable bonds is 5. The number of hydrogen-bond acceptors (Lipinski definition) is 4. The quantitative estimate of drug-likeness (QED) is 0.645. The first-order valence-electron chi connectivity index (χ1n) is 10.3. The van der Waals surface area contributed by atoms with Crippen LogP contribution in [0.4, 0.5) is 4.79 Å². The van der Waals surface area contributed by atoms with Crippen LogP contribution in [0, 0.1) is 11.8 Å². The summed E-state index contributed by atoms with van der Waals surface area (Å²) in [5.41, 5.74) is 1.03. The van der Waals surface area contributed by atoms with Crippen molar-refractivity contribution >= 4 is 18.1 Å². The van der Waals surface area contributed by atoms with Gasteiger partial charge in [0.15, 0.2) is 0 Å². The third-order valence-corrected chi connectivity index (χ3v) is 4.83. The molecule has 0 spiro atoms. The number of esters is 1. The fourth-order valence-corrected chi connectivity index (χ4v) is 3.47. The Kier molecular flexibility index (Phi) is 7.15. The van der Waals surface area contributed by atoms with E-state index in [1.807, 2.05) is 65.8 Å². The maximum absolute atomic E-state index is 13.0. The Morgan fingerprint density at radius 3 is 2.21 bits per heavy atom. The topological polar surface area (TPSA) is 55.8 Å². The van der Waals surface area contributed by atoms with Gasteiger partial charge < -0.3 is 14.4 Å². The van der Waals surface area contributed by atoms with Gasteiger partial charge in [0.1, 0.15) is 11.2 Å². The minimum absolute atomic E-state index is 0.0384. The van der Waals surface area contributed by atoms with Gasteiger partial charge in [-0.05, 0) is 71.4 Å². The van der Waals surface area contributed by atoms with Gasteiger partial charge >= 0.3 is 12.1 Å². The summed E-state index contributed by atoms with van der Waals surface area (Å²) in [6.45, 7) is 16.1. The van der Waals surface area contributed by atoms with Crippen molar-refractivity contribution < 1.29 is 19.1 Å². The lowest BCUT2D eigenvalue weighted by atomic mass is 9.85. The van der Waals surface area contributed by atoms with Crippen molar-refractivity contribution in [1.29, 1.82) is 0 Å². The summed E-state index contributed by atoms with van der Waals surface area (Å²) in [6, 6.07) is 8.04. The lowest BCUT2D eigenvalue weighted by molar-refractivity contribution is -0.161. The van der Waals surface area contributed by atoms with E-state index < -0.39 is 11.2 Å². The van der Waals surface area contributed by atoms with Crippen LogP contribution in [-0.2, 0) is 20.7 Å². The molecule has 1 saturated heterocycles. The molecule has 0 N–H and O–H groups in total. The molecule has 0 aromatic heterocycles. The molecule has 1 aliphatic rings. The molecule has 0 saturated carbocycles. The molecule has 160 valence electrons. The molecule has 0 unspecified atom stereocenters. The van der Waals surface area contributed by atoms with E-state index >= 15 is 0 Å². The highest BCUT2D eigenvalue weighted by atomic mass is 16.6. The first-order valence-corrected chi connectivity index (χ1v) is 10.3. The third kappa shape index (κ3) is 7.22. The monoisotopic (exact) mass is 401 g/mol. The number of amides is 1. The van der Waals surface area contributed by atoms with Crippen molar-refractivity contribution in [3.05, 3.63) is 42.0 Å². The highest BCUT2D eigenvalue weighted by Gasteiger charge is 2.39. The Bertz CT molecular complexity index is 725. The first-order chi connectivity index (χ1) is 13.4. The fourth-order valence-electron chi connectivity index (χ4n) is 3.47. The fraction of sp³-hybridized carbons (Fsp3) is 0.583. The molecule has 2 rings (SSSR count). The number of carbonyl (C=O) groups is 2. The lowest BCUT2D eigenvalue weighted by Crippen LogP contribution is -2.38. The van der Waals surface area contributed by atoms with E-state index in [4.69, 9.17) is 9.47 Å². The van der Waals surface area contributed by atoms with Crippen molar-refractivity contribution in [2.75, 3.05) is 13.1 Å². The van der Waals surface area contributed by atoms with Crippen molar-refractivity contribution in [3.63, 3.8) is 0 Å². The lowest BCUT2D eigenvalue weighted by Gasteiger charge is -2.28. The predicted molar refractivity (Wildman–Crippen MR) is 115 cm³/mol. The number of benzene rings is 1. The summed E-state index contributed by atoms with van der Waals surface area (Å²) in [7, 11) is 0. The first kappa shape index (κ1) is 23.0. The van der Waals surface area contributed by atoms with E-state index in [9.17, 15) is 9.59 Å². The Morgan fingerprint density at radius 1 is 1.10 bits per heavy atom. The molecule has 1 aromatic rings. The summed E-state index contributed by atoms with van der Waals surface area (Å²) < 4.78 is 11.2. The van der Waals surface area contributed by atoms with Crippen LogP contribution in [0.3, 0.4) is 0 Å². The second kappa shape index (κ2) is 9.02. The summed E-state index contributed by atoms with van der Waals surface area (Å²) in [6.07, 6.45) is 2.82.